The maximum Gasteiger partial charge on any atom is 0.339 e. The third kappa shape index (κ3) is 14.6. The van der Waals surface area contributed by atoms with Gasteiger partial charge < -0.3 is 14.5 Å². The van der Waals surface area contributed by atoms with Crippen LogP contribution in [0.25, 0.3) is 0 Å². The molecule has 0 bridgehead atoms. The Morgan fingerprint density at radius 1 is 1.28 bits per heavy atom. The quantitative estimate of drug-likeness (QED) is 0.220. The fourth-order valence-corrected chi connectivity index (χ4v) is 2.17. The molecule has 0 atom stereocenters. The fourth-order valence-electron chi connectivity index (χ4n) is 1.12. The van der Waals surface area contributed by atoms with E-state index in [1.165, 1.54) is 0 Å². The molecule has 0 aliphatic heterocycles. The molecule has 0 amide bonds. The number of unbranched alkanes of at least 4 members (excludes halogenated alkanes) is 2. The van der Waals surface area contributed by atoms with E-state index < -0.39 is 19.9 Å². The summed E-state index contributed by atoms with van der Waals surface area (Å²) in [6, 6.07) is 0. The minimum absolute atomic E-state index is 0.185. The number of carbonyl (C=O) groups excluding carboxylic acids is 1. The van der Waals surface area contributed by atoms with E-state index in [4.69, 9.17) is 14.5 Å². The van der Waals surface area contributed by atoms with E-state index in [0.717, 1.165) is 25.7 Å². The predicted octanol–water partition coefficient (Wildman–Crippen LogP) is 1.93. The highest BCUT2D eigenvalue weighted by molar-refractivity contribution is 9.24. The number of alkyl halides is 2. The minimum atomic E-state index is -4.10. The SMILES string of the molecule is O=C(CNCP(=O)(O)O)OCCCCCC(Br)Br. The molecule has 0 unspecified atom stereocenters. The lowest BCUT2D eigenvalue weighted by Crippen LogP contribution is -2.25. The summed E-state index contributed by atoms with van der Waals surface area (Å²) in [6.45, 7) is 0.154. The number of rotatable bonds is 10. The topological polar surface area (TPSA) is 95.9 Å². The van der Waals surface area contributed by atoms with Crippen molar-refractivity contribution in [3.8, 4) is 0 Å². The zero-order valence-corrected chi connectivity index (χ0v) is 13.9. The van der Waals surface area contributed by atoms with Crippen LogP contribution in [0.3, 0.4) is 0 Å². The van der Waals surface area contributed by atoms with E-state index in [2.05, 4.69) is 37.2 Å². The first-order chi connectivity index (χ1) is 8.31. The molecular formula is C9H18Br2NO5P. The molecule has 3 N–H and O–H groups in total. The first-order valence-corrected chi connectivity index (χ1v) is 9.13. The van der Waals surface area contributed by atoms with Crippen LogP contribution >= 0.6 is 39.5 Å². The number of hydrogen-bond donors (Lipinski definition) is 3. The van der Waals surface area contributed by atoms with Gasteiger partial charge in [-0.2, -0.15) is 0 Å². The molecule has 0 rings (SSSR count). The van der Waals surface area contributed by atoms with E-state index in [0.29, 0.717) is 10.3 Å². The summed E-state index contributed by atoms with van der Waals surface area (Å²) in [4.78, 5) is 28.2. The van der Waals surface area contributed by atoms with Crippen LogP contribution in [0.15, 0.2) is 0 Å². The lowest BCUT2D eigenvalue weighted by atomic mass is 10.2. The van der Waals surface area contributed by atoms with Crippen LogP contribution in [0.2, 0.25) is 0 Å². The fraction of sp³-hybridized carbons (Fsp3) is 0.889. The Kier molecular flexibility index (Phi) is 10.7. The highest BCUT2D eigenvalue weighted by atomic mass is 79.9. The molecule has 0 heterocycles. The summed E-state index contributed by atoms with van der Waals surface area (Å²) in [5.74, 6) is -0.498. The number of carbonyl (C=O) groups is 1. The number of ether oxygens (including phenoxy) is 1. The predicted molar refractivity (Wildman–Crippen MR) is 76.0 cm³/mol. The second-order valence-corrected chi connectivity index (χ2v) is 8.80. The summed E-state index contributed by atoms with van der Waals surface area (Å²) < 4.78 is 15.7. The molecule has 0 radical (unpaired) electrons. The van der Waals surface area contributed by atoms with Crippen LogP contribution in [-0.4, -0.2) is 38.9 Å². The van der Waals surface area contributed by atoms with Gasteiger partial charge in [0.15, 0.2) is 0 Å². The summed E-state index contributed by atoms with van der Waals surface area (Å²) in [7, 11) is -4.10. The van der Waals surface area contributed by atoms with Crippen LogP contribution in [0.1, 0.15) is 25.7 Å². The van der Waals surface area contributed by atoms with Crippen molar-refractivity contribution in [1.29, 1.82) is 0 Å². The number of hydrogen-bond acceptors (Lipinski definition) is 4. The average Bonchev–Trinajstić information content (AvgIpc) is 2.20. The van der Waals surface area contributed by atoms with Crippen LogP contribution in [0.4, 0.5) is 0 Å². The van der Waals surface area contributed by atoms with Gasteiger partial charge in [-0.3, -0.25) is 14.7 Å². The number of halogens is 2. The molecule has 0 aromatic heterocycles. The zero-order chi connectivity index (χ0) is 14.0. The molecule has 0 spiro atoms. The molecule has 108 valence electrons. The molecule has 0 fully saturated rings. The molecule has 18 heavy (non-hydrogen) atoms. The molecule has 6 nitrogen and oxygen atoms in total. The van der Waals surface area contributed by atoms with Crippen molar-refractivity contribution >= 4 is 45.4 Å². The molecule has 0 saturated carbocycles. The van der Waals surface area contributed by atoms with E-state index in [1.807, 2.05) is 0 Å². The first-order valence-electron chi connectivity index (χ1n) is 5.50. The van der Waals surface area contributed by atoms with Crippen molar-refractivity contribution in [2.75, 3.05) is 19.4 Å². The highest BCUT2D eigenvalue weighted by Crippen LogP contribution is 2.31. The van der Waals surface area contributed by atoms with Gasteiger partial charge in [-0.05, 0) is 19.3 Å². The van der Waals surface area contributed by atoms with E-state index in [1.54, 1.807) is 0 Å². The molecule has 0 aliphatic carbocycles. The van der Waals surface area contributed by atoms with Crippen LogP contribution in [-0.2, 0) is 14.1 Å². The van der Waals surface area contributed by atoms with Gasteiger partial charge in [-0.25, -0.2) is 0 Å². The van der Waals surface area contributed by atoms with Crippen LogP contribution in [0, 0.1) is 0 Å². The van der Waals surface area contributed by atoms with Gasteiger partial charge in [0.2, 0.25) is 0 Å². The molecular weight excluding hydrogens is 393 g/mol. The van der Waals surface area contributed by atoms with Crippen LogP contribution in [0.5, 0.6) is 0 Å². The molecule has 0 aliphatic rings. The standard InChI is InChI=1S/C9H18Br2NO5P/c10-8(11)4-2-1-3-5-17-9(13)6-12-7-18(14,15)16/h8,12H,1-7H2,(H2,14,15,16). The van der Waals surface area contributed by atoms with E-state index >= 15 is 0 Å². The third-order valence-electron chi connectivity index (χ3n) is 1.92. The minimum Gasteiger partial charge on any atom is -0.465 e. The smallest absolute Gasteiger partial charge is 0.339 e. The van der Waals surface area contributed by atoms with Crippen molar-refractivity contribution in [3.63, 3.8) is 0 Å². The number of nitrogens with one attached hydrogen (secondary N) is 1. The normalized spacial score (nSPS) is 11.8. The largest absolute Gasteiger partial charge is 0.465 e. The molecule has 0 saturated heterocycles. The van der Waals surface area contributed by atoms with Crippen molar-refractivity contribution in [2.45, 2.75) is 29.4 Å². The first kappa shape index (κ1) is 18.5. The third-order valence-corrected chi connectivity index (χ3v) is 3.47. The Labute approximate surface area is 123 Å². The lowest BCUT2D eigenvalue weighted by Gasteiger charge is -2.07. The maximum atomic E-state index is 11.1. The van der Waals surface area contributed by atoms with E-state index in [9.17, 15) is 9.36 Å². The molecule has 0 aromatic carbocycles. The van der Waals surface area contributed by atoms with Gasteiger partial charge in [-0.1, -0.05) is 38.3 Å². The number of esters is 1. The van der Waals surface area contributed by atoms with Gasteiger partial charge in [0.25, 0.3) is 0 Å². The van der Waals surface area contributed by atoms with Gasteiger partial charge in [-0.15, -0.1) is 0 Å². The van der Waals surface area contributed by atoms with Gasteiger partial charge >= 0.3 is 13.6 Å². The Bertz CT molecular complexity index is 284. The maximum absolute atomic E-state index is 11.1. The van der Waals surface area contributed by atoms with Crippen molar-refractivity contribution in [1.82, 2.24) is 5.32 Å². The Morgan fingerprint density at radius 3 is 2.50 bits per heavy atom. The second kappa shape index (κ2) is 10.3. The monoisotopic (exact) mass is 409 g/mol. The van der Waals surface area contributed by atoms with Crippen molar-refractivity contribution < 1.29 is 23.9 Å². The van der Waals surface area contributed by atoms with E-state index in [-0.39, 0.29) is 6.54 Å². The van der Waals surface area contributed by atoms with Gasteiger partial charge in [0.1, 0.15) is 0 Å². The summed E-state index contributed by atoms with van der Waals surface area (Å²) in [5, 5.41) is 2.34. The Morgan fingerprint density at radius 2 is 1.94 bits per heavy atom. The molecule has 9 heteroatoms. The van der Waals surface area contributed by atoms with Gasteiger partial charge in [0.05, 0.1) is 23.2 Å². The van der Waals surface area contributed by atoms with Crippen LogP contribution < -0.4 is 5.32 Å². The average molecular weight is 411 g/mol. The Hall–Kier alpha value is 0.540. The summed E-state index contributed by atoms with van der Waals surface area (Å²) in [5.41, 5.74) is 0. The highest BCUT2D eigenvalue weighted by Gasteiger charge is 2.12. The van der Waals surface area contributed by atoms with Crippen molar-refractivity contribution in [2.24, 2.45) is 0 Å². The van der Waals surface area contributed by atoms with Crippen molar-refractivity contribution in [3.05, 3.63) is 0 Å². The summed E-state index contributed by atoms with van der Waals surface area (Å²) >= 11 is 6.74. The Balaban J connectivity index is 3.35. The zero-order valence-electron chi connectivity index (χ0n) is 9.85. The lowest BCUT2D eigenvalue weighted by molar-refractivity contribution is -0.142. The summed E-state index contributed by atoms with van der Waals surface area (Å²) in [6.07, 6.45) is 3.29. The van der Waals surface area contributed by atoms with Gasteiger partial charge in [0, 0.05) is 0 Å². The second-order valence-electron chi connectivity index (χ2n) is 3.71. The molecule has 0 aromatic rings.